The number of aliphatic hydroxyl groups excluding tert-OH is 1. The van der Waals surface area contributed by atoms with E-state index in [4.69, 9.17) is 0 Å². The molecular weight excluding hydrogens is 293 g/mol. The standard InChI is InChI=1S/C18H18FN3O/c19-15-6-4-13(5-7-15)18-9-16(23)12-21(18)11-14-10-20-22-8-2-1-3-17(14)22/h1-8,10,16,18,23H,9,11-12H2/t16-,18-/m1/s1. The number of benzene rings is 1. The molecule has 0 bridgehead atoms. The normalized spacial score (nSPS) is 22.0. The molecule has 1 aliphatic heterocycles. The molecule has 0 aliphatic carbocycles. The molecule has 3 heterocycles. The SMILES string of the molecule is O[C@@H]1C[C@H](c2ccc(F)cc2)N(Cc2cnn3ccccc23)C1. The summed E-state index contributed by atoms with van der Waals surface area (Å²) in [6.07, 6.45) is 4.12. The van der Waals surface area contributed by atoms with Crippen LogP contribution < -0.4 is 0 Å². The van der Waals surface area contributed by atoms with Gasteiger partial charge in [-0.15, -0.1) is 0 Å². The Morgan fingerprint density at radius 2 is 2.00 bits per heavy atom. The molecule has 2 aromatic heterocycles. The van der Waals surface area contributed by atoms with Crippen molar-refractivity contribution in [2.24, 2.45) is 0 Å². The van der Waals surface area contributed by atoms with Gasteiger partial charge >= 0.3 is 0 Å². The van der Waals surface area contributed by atoms with E-state index in [0.29, 0.717) is 19.5 Å². The lowest BCUT2D eigenvalue weighted by Crippen LogP contribution is -2.24. The number of β-amino-alcohol motifs (C(OH)–C–C–N with tert-alkyl or cyclic N) is 1. The van der Waals surface area contributed by atoms with Crippen LogP contribution in [0, 0.1) is 5.82 Å². The van der Waals surface area contributed by atoms with Crippen molar-refractivity contribution < 1.29 is 9.50 Å². The van der Waals surface area contributed by atoms with E-state index in [9.17, 15) is 9.50 Å². The first kappa shape index (κ1) is 14.4. The van der Waals surface area contributed by atoms with Gasteiger partial charge < -0.3 is 5.11 Å². The first-order chi connectivity index (χ1) is 11.2. The average Bonchev–Trinajstić information content (AvgIpc) is 3.13. The van der Waals surface area contributed by atoms with Gasteiger partial charge in [0.25, 0.3) is 0 Å². The van der Waals surface area contributed by atoms with E-state index >= 15 is 0 Å². The fourth-order valence-corrected chi connectivity index (χ4v) is 3.41. The Labute approximate surface area is 133 Å². The van der Waals surface area contributed by atoms with Crippen LogP contribution in [0.15, 0.2) is 54.9 Å². The van der Waals surface area contributed by atoms with E-state index in [2.05, 4.69) is 10.00 Å². The third-order valence-corrected chi connectivity index (χ3v) is 4.52. The summed E-state index contributed by atoms with van der Waals surface area (Å²) in [6.45, 7) is 1.33. The van der Waals surface area contributed by atoms with E-state index in [1.54, 1.807) is 12.1 Å². The summed E-state index contributed by atoms with van der Waals surface area (Å²) in [7, 11) is 0. The van der Waals surface area contributed by atoms with Gasteiger partial charge in [0.15, 0.2) is 0 Å². The minimum absolute atomic E-state index is 0.101. The van der Waals surface area contributed by atoms with Crippen LogP contribution in [0.2, 0.25) is 0 Å². The van der Waals surface area contributed by atoms with Gasteiger partial charge in [0, 0.05) is 30.9 Å². The number of pyridine rings is 1. The highest BCUT2D eigenvalue weighted by molar-refractivity contribution is 5.53. The molecule has 0 unspecified atom stereocenters. The van der Waals surface area contributed by atoms with Gasteiger partial charge in [-0.25, -0.2) is 8.91 Å². The van der Waals surface area contributed by atoms with E-state index in [1.165, 1.54) is 12.1 Å². The molecule has 118 valence electrons. The summed E-state index contributed by atoms with van der Waals surface area (Å²) in [5, 5.41) is 14.5. The maximum atomic E-state index is 13.2. The number of nitrogens with zero attached hydrogens (tertiary/aromatic N) is 3. The average molecular weight is 311 g/mol. The maximum absolute atomic E-state index is 13.2. The summed E-state index contributed by atoms with van der Waals surface area (Å²) < 4.78 is 15.0. The van der Waals surface area contributed by atoms with Crippen LogP contribution in [0.1, 0.15) is 23.6 Å². The second kappa shape index (κ2) is 5.76. The van der Waals surface area contributed by atoms with Crippen LogP contribution >= 0.6 is 0 Å². The van der Waals surface area contributed by atoms with Gasteiger partial charge in [-0.05, 0) is 36.2 Å². The van der Waals surface area contributed by atoms with Gasteiger partial charge in [-0.2, -0.15) is 5.10 Å². The molecule has 0 saturated carbocycles. The second-order valence-electron chi connectivity index (χ2n) is 6.09. The van der Waals surface area contributed by atoms with Gasteiger partial charge in [0.2, 0.25) is 0 Å². The molecule has 3 aromatic rings. The van der Waals surface area contributed by atoms with Crippen LogP contribution in [0.4, 0.5) is 4.39 Å². The fraction of sp³-hybridized carbons (Fsp3) is 0.278. The molecule has 1 aromatic carbocycles. The first-order valence-corrected chi connectivity index (χ1v) is 7.79. The number of rotatable bonds is 3. The number of likely N-dealkylation sites (tertiary alicyclic amines) is 1. The molecule has 2 atom stereocenters. The molecule has 4 rings (SSSR count). The molecule has 0 radical (unpaired) electrons. The molecular formula is C18H18FN3O. The van der Waals surface area contributed by atoms with E-state index in [0.717, 1.165) is 16.6 Å². The van der Waals surface area contributed by atoms with Crippen molar-refractivity contribution in [2.45, 2.75) is 25.1 Å². The highest BCUT2D eigenvalue weighted by atomic mass is 19.1. The van der Waals surface area contributed by atoms with Crippen LogP contribution in [0.25, 0.3) is 5.52 Å². The van der Waals surface area contributed by atoms with Crippen molar-refractivity contribution in [1.29, 1.82) is 0 Å². The van der Waals surface area contributed by atoms with Gasteiger partial charge in [-0.1, -0.05) is 18.2 Å². The van der Waals surface area contributed by atoms with Crippen LogP contribution in [0.3, 0.4) is 0 Å². The van der Waals surface area contributed by atoms with Crippen molar-refractivity contribution in [1.82, 2.24) is 14.5 Å². The Morgan fingerprint density at radius 1 is 1.17 bits per heavy atom. The van der Waals surface area contributed by atoms with Gasteiger partial charge in [0.05, 0.1) is 17.8 Å². The van der Waals surface area contributed by atoms with E-state index in [1.807, 2.05) is 35.1 Å². The number of aromatic nitrogens is 2. The molecule has 0 spiro atoms. The number of halogens is 1. The monoisotopic (exact) mass is 311 g/mol. The zero-order valence-electron chi connectivity index (χ0n) is 12.6. The Kier molecular flexibility index (Phi) is 3.59. The Bertz CT molecular complexity index is 815. The largest absolute Gasteiger partial charge is 0.392 e. The second-order valence-corrected chi connectivity index (χ2v) is 6.09. The van der Waals surface area contributed by atoms with Crippen molar-refractivity contribution in [3.8, 4) is 0 Å². The van der Waals surface area contributed by atoms with Crippen molar-refractivity contribution in [3.63, 3.8) is 0 Å². The summed E-state index contributed by atoms with van der Waals surface area (Å²) in [5.41, 5.74) is 3.25. The molecule has 1 saturated heterocycles. The van der Waals surface area contributed by atoms with Gasteiger partial charge in [0.1, 0.15) is 5.82 Å². The highest BCUT2D eigenvalue weighted by Crippen LogP contribution is 2.34. The lowest BCUT2D eigenvalue weighted by atomic mass is 10.0. The molecule has 0 amide bonds. The van der Waals surface area contributed by atoms with Crippen molar-refractivity contribution in [3.05, 3.63) is 71.8 Å². The van der Waals surface area contributed by atoms with Crippen molar-refractivity contribution in [2.75, 3.05) is 6.54 Å². The van der Waals surface area contributed by atoms with Crippen molar-refractivity contribution >= 4 is 5.52 Å². The summed E-state index contributed by atoms with van der Waals surface area (Å²) >= 11 is 0. The van der Waals surface area contributed by atoms with Crippen LogP contribution in [-0.4, -0.2) is 32.3 Å². The van der Waals surface area contributed by atoms with Gasteiger partial charge in [-0.3, -0.25) is 4.90 Å². The van der Waals surface area contributed by atoms with E-state index < -0.39 is 0 Å². The minimum atomic E-state index is -0.355. The zero-order valence-corrected chi connectivity index (χ0v) is 12.6. The molecule has 1 aliphatic rings. The topological polar surface area (TPSA) is 40.8 Å². The molecule has 4 nitrogen and oxygen atoms in total. The molecule has 23 heavy (non-hydrogen) atoms. The highest BCUT2D eigenvalue weighted by Gasteiger charge is 2.32. The molecule has 5 heteroatoms. The predicted molar refractivity (Wildman–Crippen MR) is 85.4 cm³/mol. The van der Waals surface area contributed by atoms with Crippen LogP contribution in [-0.2, 0) is 6.54 Å². The Hall–Kier alpha value is -2.24. The maximum Gasteiger partial charge on any atom is 0.123 e. The Morgan fingerprint density at radius 3 is 2.83 bits per heavy atom. The number of hydrogen-bond acceptors (Lipinski definition) is 3. The predicted octanol–water partition coefficient (Wildman–Crippen LogP) is 2.78. The summed E-state index contributed by atoms with van der Waals surface area (Å²) in [4.78, 5) is 2.24. The third-order valence-electron chi connectivity index (χ3n) is 4.52. The summed E-state index contributed by atoms with van der Waals surface area (Å²) in [5.74, 6) is -0.235. The first-order valence-electron chi connectivity index (χ1n) is 7.79. The number of hydrogen-bond donors (Lipinski definition) is 1. The minimum Gasteiger partial charge on any atom is -0.392 e. The number of aliphatic hydroxyl groups is 1. The molecule has 1 fully saturated rings. The Balaban J connectivity index is 1.62. The lowest BCUT2D eigenvalue weighted by molar-refractivity contribution is 0.173. The summed E-state index contributed by atoms with van der Waals surface area (Å²) in [6, 6.07) is 12.7. The quantitative estimate of drug-likeness (QED) is 0.808. The smallest absolute Gasteiger partial charge is 0.123 e. The lowest BCUT2D eigenvalue weighted by Gasteiger charge is -2.24. The third kappa shape index (κ3) is 2.73. The molecule has 1 N–H and O–H groups in total. The van der Waals surface area contributed by atoms with Crippen LogP contribution in [0.5, 0.6) is 0 Å². The number of fused-ring (bicyclic) bond motifs is 1. The fourth-order valence-electron chi connectivity index (χ4n) is 3.41. The van der Waals surface area contributed by atoms with E-state index in [-0.39, 0.29) is 18.0 Å². The zero-order chi connectivity index (χ0) is 15.8.